The average Bonchev–Trinajstić information content (AvgIpc) is 2.94. The number of rotatable bonds is 6. The van der Waals surface area contributed by atoms with Crippen molar-refractivity contribution in [2.45, 2.75) is 51.6 Å². The molecular formula is C17H28N2. The van der Waals surface area contributed by atoms with Crippen LogP contribution in [0, 0.1) is 0 Å². The van der Waals surface area contributed by atoms with Crippen LogP contribution in [0.4, 0.5) is 0 Å². The summed E-state index contributed by atoms with van der Waals surface area (Å²) in [6.45, 7) is 10.5. The molecule has 106 valence electrons. The zero-order valence-electron chi connectivity index (χ0n) is 12.7. The van der Waals surface area contributed by atoms with Crippen LogP contribution in [0.2, 0.25) is 0 Å². The number of likely N-dealkylation sites (N-methyl/N-ethyl adjacent to an activating group) is 1. The van der Waals surface area contributed by atoms with E-state index in [1.165, 1.54) is 31.5 Å². The third kappa shape index (κ3) is 3.58. The van der Waals surface area contributed by atoms with Gasteiger partial charge in [-0.15, -0.1) is 0 Å². The molecule has 0 amide bonds. The molecule has 1 aromatic carbocycles. The van der Waals surface area contributed by atoms with Gasteiger partial charge < -0.3 is 5.32 Å². The maximum Gasteiger partial charge on any atom is 0.0309 e. The van der Waals surface area contributed by atoms with E-state index in [2.05, 4.69) is 61.3 Å². The van der Waals surface area contributed by atoms with Gasteiger partial charge in [-0.2, -0.15) is 0 Å². The molecular weight excluding hydrogens is 232 g/mol. The molecule has 1 aromatic rings. The Bertz CT molecular complexity index is 366. The lowest BCUT2D eigenvalue weighted by Crippen LogP contribution is -2.57. The summed E-state index contributed by atoms with van der Waals surface area (Å²) in [7, 11) is 0. The van der Waals surface area contributed by atoms with Gasteiger partial charge in [0.15, 0.2) is 0 Å². The molecule has 1 unspecified atom stereocenters. The Balaban J connectivity index is 2.09. The van der Waals surface area contributed by atoms with Crippen LogP contribution in [-0.2, 0) is 6.42 Å². The fourth-order valence-corrected chi connectivity index (χ4v) is 3.18. The van der Waals surface area contributed by atoms with E-state index in [1.54, 1.807) is 0 Å². The first-order chi connectivity index (χ1) is 9.14. The van der Waals surface area contributed by atoms with Crippen molar-refractivity contribution in [2.75, 3.05) is 19.6 Å². The van der Waals surface area contributed by atoms with Crippen LogP contribution in [0.15, 0.2) is 30.3 Å². The summed E-state index contributed by atoms with van der Waals surface area (Å²) in [5.41, 5.74) is 1.66. The monoisotopic (exact) mass is 260 g/mol. The fourth-order valence-electron chi connectivity index (χ4n) is 3.18. The first-order valence-electron chi connectivity index (χ1n) is 7.67. The molecule has 0 aliphatic carbocycles. The fraction of sp³-hybridized carbons (Fsp3) is 0.647. The van der Waals surface area contributed by atoms with Gasteiger partial charge in [0.05, 0.1) is 0 Å². The molecule has 0 aromatic heterocycles. The Morgan fingerprint density at radius 3 is 2.37 bits per heavy atom. The second-order valence-corrected chi connectivity index (χ2v) is 6.15. The van der Waals surface area contributed by atoms with E-state index in [9.17, 15) is 0 Å². The molecule has 1 N–H and O–H groups in total. The molecule has 0 spiro atoms. The Hall–Kier alpha value is -0.860. The molecule has 2 rings (SSSR count). The van der Waals surface area contributed by atoms with Gasteiger partial charge >= 0.3 is 0 Å². The highest BCUT2D eigenvalue weighted by molar-refractivity contribution is 5.17. The first-order valence-corrected chi connectivity index (χ1v) is 7.67. The van der Waals surface area contributed by atoms with Gasteiger partial charge in [-0.1, -0.05) is 37.3 Å². The number of nitrogens with one attached hydrogen (secondary N) is 1. The Morgan fingerprint density at radius 2 is 1.79 bits per heavy atom. The predicted molar refractivity (Wildman–Crippen MR) is 82.5 cm³/mol. The van der Waals surface area contributed by atoms with Crippen molar-refractivity contribution < 1.29 is 0 Å². The van der Waals surface area contributed by atoms with E-state index >= 15 is 0 Å². The highest BCUT2D eigenvalue weighted by Gasteiger charge is 2.36. The van der Waals surface area contributed by atoms with E-state index in [-0.39, 0.29) is 5.54 Å². The highest BCUT2D eigenvalue weighted by Crippen LogP contribution is 2.26. The summed E-state index contributed by atoms with van der Waals surface area (Å²) in [6.07, 6.45) is 3.82. The predicted octanol–water partition coefficient (Wildman–Crippen LogP) is 3.08. The van der Waals surface area contributed by atoms with Crippen LogP contribution in [0.1, 0.15) is 39.2 Å². The summed E-state index contributed by atoms with van der Waals surface area (Å²) in [6, 6.07) is 11.4. The minimum Gasteiger partial charge on any atom is -0.312 e. The van der Waals surface area contributed by atoms with Crippen molar-refractivity contribution in [3.05, 3.63) is 35.9 Å². The number of hydrogen-bond donors (Lipinski definition) is 1. The molecule has 1 aliphatic rings. The van der Waals surface area contributed by atoms with Crippen LogP contribution >= 0.6 is 0 Å². The highest BCUT2D eigenvalue weighted by atomic mass is 15.2. The summed E-state index contributed by atoms with van der Waals surface area (Å²) in [5.74, 6) is 0. The topological polar surface area (TPSA) is 15.3 Å². The smallest absolute Gasteiger partial charge is 0.0309 e. The summed E-state index contributed by atoms with van der Waals surface area (Å²) >= 11 is 0. The van der Waals surface area contributed by atoms with Crippen LogP contribution in [0.25, 0.3) is 0 Å². The molecule has 2 heteroatoms. The van der Waals surface area contributed by atoms with Gasteiger partial charge in [-0.05, 0) is 58.3 Å². The molecule has 1 heterocycles. The summed E-state index contributed by atoms with van der Waals surface area (Å²) in [5, 5.41) is 3.71. The van der Waals surface area contributed by atoms with Gasteiger partial charge in [0.25, 0.3) is 0 Å². The van der Waals surface area contributed by atoms with Crippen LogP contribution in [-0.4, -0.2) is 36.1 Å². The normalized spacial score (nSPS) is 18.7. The molecule has 0 radical (unpaired) electrons. The first kappa shape index (κ1) is 14.5. The SMILES string of the molecule is CCNC(Cc1ccccc1)C(C)(C)N1CCCC1. The van der Waals surface area contributed by atoms with Crippen molar-refractivity contribution in [1.82, 2.24) is 10.2 Å². The van der Waals surface area contributed by atoms with E-state index in [0.29, 0.717) is 6.04 Å². The lowest BCUT2D eigenvalue weighted by molar-refractivity contribution is 0.107. The lowest BCUT2D eigenvalue weighted by Gasteiger charge is -2.42. The van der Waals surface area contributed by atoms with Crippen molar-refractivity contribution in [3.8, 4) is 0 Å². The van der Waals surface area contributed by atoms with E-state index < -0.39 is 0 Å². The third-order valence-electron chi connectivity index (χ3n) is 4.51. The van der Waals surface area contributed by atoms with Crippen LogP contribution in [0.3, 0.4) is 0 Å². The summed E-state index contributed by atoms with van der Waals surface area (Å²) in [4.78, 5) is 2.66. The summed E-state index contributed by atoms with van der Waals surface area (Å²) < 4.78 is 0. The minimum absolute atomic E-state index is 0.225. The Labute approximate surface area is 118 Å². The van der Waals surface area contributed by atoms with E-state index in [1.807, 2.05) is 0 Å². The molecule has 19 heavy (non-hydrogen) atoms. The van der Waals surface area contributed by atoms with Crippen molar-refractivity contribution in [3.63, 3.8) is 0 Å². The molecule has 1 saturated heterocycles. The van der Waals surface area contributed by atoms with Gasteiger partial charge in [0.2, 0.25) is 0 Å². The minimum atomic E-state index is 0.225. The Kier molecular flexibility index (Phi) is 5.00. The second kappa shape index (κ2) is 6.53. The van der Waals surface area contributed by atoms with Crippen molar-refractivity contribution >= 4 is 0 Å². The molecule has 0 saturated carbocycles. The molecule has 1 atom stereocenters. The molecule has 2 nitrogen and oxygen atoms in total. The van der Waals surface area contributed by atoms with Crippen LogP contribution < -0.4 is 5.32 Å². The molecule has 0 bridgehead atoms. The molecule has 1 fully saturated rings. The standard InChI is InChI=1S/C17H28N2/c1-4-18-16(14-15-10-6-5-7-11-15)17(2,3)19-12-8-9-13-19/h5-7,10-11,16,18H,4,8-9,12-14H2,1-3H3. The number of hydrogen-bond acceptors (Lipinski definition) is 2. The zero-order chi connectivity index (χ0) is 13.7. The Morgan fingerprint density at radius 1 is 1.16 bits per heavy atom. The van der Waals surface area contributed by atoms with Gasteiger partial charge in [-0.3, -0.25) is 4.90 Å². The number of benzene rings is 1. The second-order valence-electron chi connectivity index (χ2n) is 6.15. The largest absolute Gasteiger partial charge is 0.312 e. The maximum absolute atomic E-state index is 3.71. The third-order valence-corrected chi connectivity index (χ3v) is 4.51. The molecule has 1 aliphatic heterocycles. The van der Waals surface area contributed by atoms with E-state index in [4.69, 9.17) is 0 Å². The van der Waals surface area contributed by atoms with Crippen LogP contribution in [0.5, 0.6) is 0 Å². The lowest BCUT2D eigenvalue weighted by atomic mass is 9.87. The van der Waals surface area contributed by atoms with Gasteiger partial charge in [0, 0.05) is 11.6 Å². The van der Waals surface area contributed by atoms with E-state index in [0.717, 1.165) is 13.0 Å². The zero-order valence-corrected chi connectivity index (χ0v) is 12.7. The number of nitrogens with zero attached hydrogens (tertiary/aromatic N) is 1. The number of likely N-dealkylation sites (tertiary alicyclic amines) is 1. The quantitative estimate of drug-likeness (QED) is 0.845. The average molecular weight is 260 g/mol. The van der Waals surface area contributed by atoms with Gasteiger partial charge in [0.1, 0.15) is 0 Å². The maximum atomic E-state index is 3.71. The van der Waals surface area contributed by atoms with Gasteiger partial charge in [-0.25, -0.2) is 0 Å². The van der Waals surface area contributed by atoms with Crippen molar-refractivity contribution in [1.29, 1.82) is 0 Å². The van der Waals surface area contributed by atoms with Crippen molar-refractivity contribution in [2.24, 2.45) is 0 Å².